The molecule has 3 aromatic rings. The number of aromatic nitrogens is 2. The van der Waals surface area contributed by atoms with E-state index >= 15 is 0 Å². The van der Waals surface area contributed by atoms with Crippen LogP contribution in [0, 0.1) is 6.92 Å². The second-order valence-electron chi connectivity index (χ2n) is 6.80. The predicted molar refractivity (Wildman–Crippen MR) is 114 cm³/mol. The molecule has 0 atom stereocenters. The molecule has 0 bridgehead atoms. The molecular weight excluding hydrogens is 408 g/mol. The lowest BCUT2D eigenvalue weighted by atomic mass is 10.0. The normalized spacial score (nSPS) is 13.0. The number of carbonyl (C=O) groups excluding carboxylic acids is 1. The van der Waals surface area contributed by atoms with E-state index in [9.17, 15) is 9.59 Å². The first-order valence-corrected chi connectivity index (χ1v) is 10.7. The van der Waals surface area contributed by atoms with E-state index in [1.165, 1.54) is 0 Å². The largest absolute Gasteiger partial charge is 0.472 e. The zero-order valence-corrected chi connectivity index (χ0v) is 17.4. The molecular formula is C22H19ClN2O3S. The van der Waals surface area contributed by atoms with Gasteiger partial charge in [0, 0.05) is 28.4 Å². The molecule has 0 N–H and O–H groups in total. The first-order chi connectivity index (χ1) is 14.0. The van der Waals surface area contributed by atoms with Gasteiger partial charge in [0.15, 0.2) is 10.9 Å². The van der Waals surface area contributed by atoms with Crippen LogP contribution in [0.25, 0.3) is 0 Å². The number of ether oxygens (including phenoxy) is 1. The Kier molecular flexibility index (Phi) is 5.74. The molecule has 1 aliphatic rings. The van der Waals surface area contributed by atoms with Crippen LogP contribution in [-0.2, 0) is 13.2 Å². The summed E-state index contributed by atoms with van der Waals surface area (Å²) in [6, 6.07) is 14.1. The van der Waals surface area contributed by atoms with Gasteiger partial charge in [0.1, 0.15) is 6.61 Å². The Bertz CT molecular complexity index is 1110. The number of carbonyl (C=O) groups is 1. The molecule has 0 saturated heterocycles. The lowest BCUT2D eigenvalue weighted by Crippen LogP contribution is -2.28. The molecule has 0 amide bonds. The van der Waals surface area contributed by atoms with Crippen LogP contribution in [-0.4, -0.2) is 21.1 Å². The van der Waals surface area contributed by atoms with Gasteiger partial charge in [0.2, 0.25) is 5.88 Å². The highest BCUT2D eigenvalue weighted by Gasteiger charge is 2.18. The van der Waals surface area contributed by atoms with Crippen LogP contribution in [0.1, 0.15) is 33.5 Å². The number of benzene rings is 2. The summed E-state index contributed by atoms with van der Waals surface area (Å²) in [4.78, 5) is 29.6. The number of nitrogens with zero attached hydrogens (tertiary/aromatic N) is 2. The van der Waals surface area contributed by atoms with Gasteiger partial charge in [0.05, 0.1) is 5.56 Å². The van der Waals surface area contributed by atoms with Crippen molar-refractivity contribution in [3.05, 3.63) is 86.2 Å². The number of halogens is 1. The smallest absolute Gasteiger partial charge is 0.260 e. The van der Waals surface area contributed by atoms with Gasteiger partial charge in [-0.2, -0.15) is 4.98 Å². The maximum absolute atomic E-state index is 12.5. The third kappa shape index (κ3) is 4.23. The van der Waals surface area contributed by atoms with Crippen molar-refractivity contribution < 1.29 is 9.53 Å². The van der Waals surface area contributed by atoms with Gasteiger partial charge in [0.25, 0.3) is 5.56 Å². The fourth-order valence-corrected chi connectivity index (χ4v) is 4.18. The summed E-state index contributed by atoms with van der Waals surface area (Å²) in [5.41, 5.74) is 2.55. The summed E-state index contributed by atoms with van der Waals surface area (Å²) in [6.07, 6.45) is 0.972. The van der Waals surface area contributed by atoms with Gasteiger partial charge < -0.3 is 4.74 Å². The van der Waals surface area contributed by atoms with Crippen molar-refractivity contribution in [1.29, 1.82) is 0 Å². The van der Waals surface area contributed by atoms with Gasteiger partial charge in [-0.15, -0.1) is 0 Å². The summed E-state index contributed by atoms with van der Waals surface area (Å²) in [6.45, 7) is 2.72. The van der Waals surface area contributed by atoms with Crippen LogP contribution in [0.3, 0.4) is 0 Å². The van der Waals surface area contributed by atoms with Crippen LogP contribution in [0.15, 0.2) is 58.5 Å². The highest BCUT2D eigenvalue weighted by atomic mass is 35.5. The fourth-order valence-electron chi connectivity index (χ4n) is 3.12. The van der Waals surface area contributed by atoms with Crippen LogP contribution in [0.5, 0.6) is 5.88 Å². The van der Waals surface area contributed by atoms with Crippen LogP contribution >= 0.6 is 23.4 Å². The van der Waals surface area contributed by atoms with Crippen LogP contribution in [0.4, 0.5) is 0 Å². The van der Waals surface area contributed by atoms with Crippen molar-refractivity contribution in [3.8, 4) is 5.88 Å². The zero-order valence-electron chi connectivity index (χ0n) is 15.9. The minimum Gasteiger partial charge on any atom is -0.472 e. The summed E-state index contributed by atoms with van der Waals surface area (Å²) in [7, 11) is 0. The monoisotopic (exact) mass is 426 g/mol. The van der Waals surface area contributed by atoms with E-state index in [2.05, 4.69) is 4.98 Å². The van der Waals surface area contributed by atoms with Crippen molar-refractivity contribution in [3.63, 3.8) is 0 Å². The molecule has 0 saturated carbocycles. The highest BCUT2D eigenvalue weighted by molar-refractivity contribution is 7.99. The van der Waals surface area contributed by atoms with E-state index in [1.807, 2.05) is 12.1 Å². The maximum atomic E-state index is 12.5. The Morgan fingerprint density at radius 3 is 2.48 bits per heavy atom. The maximum Gasteiger partial charge on any atom is 0.260 e. The minimum absolute atomic E-state index is 0.0406. The molecule has 0 radical (unpaired) electrons. The summed E-state index contributed by atoms with van der Waals surface area (Å²) in [5, 5.41) is 1.31. The molecule has 2 heterocycles. The number of hydrogen-bond donors (Lipinski definition) is 0. The van der Waals surface area contributed by atoms with Gasteiger partial charge in [-0.05, 0) is 43.2 Å². The third-order valence-electron chi connectivity index (χ3n) is 4.77. The molecule has 148 valence electrons. The number of ketones is 1. The molecule has 5 nitrogen and oxygen atoms in total. The SMILES string of the molecule is Cc1c(OCc2ccc(C(=O)c3ccc(Cl)cc3)cc2)nc2n(c1=O)CCCS2. The van der Waals surface area contributed by atoms with Gasteiger partial charge >= 0.3 is 0 Å². The van der Waals surface area contributed by atoms with E-state index in [0.29, 0.717) is 39.3 Å². The summed E-state index contributed by atoms with van der Waals surface area (Å²) >= 11 is 7.45. The number of thioether (sulfide) groups is 1. The quantitative estimate of drug-likeness (QED) is 0.443. The van der Waals surface area contributed by atoms with Crippen molar-refractivity contribution in [2.24, 2.45) is 0 Å². The van der Waals surface area contributed by atoms with Crippen molar-refractivity contribution in [2.75, 3.05) is 5.75 Å². The van der Waals surface area contributed by atoms with Gasteiger partial charge in [-0.25, -0.2) is 0 Å². The second-order valence-corrected chi connectivity index (χ2v) is 8.30. The third-order valence-corrected chi connectivity index (χ3v) is 6.08. The topological polar surface area (TPSA) is 61.2 Å². The number of fused-ring (bicyclic) bond motifs is 1. The lowest BCUT2D eigenvalue weighted by Gasteiger charge is -2.18. The Morgan fingerprint density at radius 1 is 1.14 bits per heavy atom. The molecule has 0 unspecified atom stereocenters. The summed E-state index contributed by atoms with van der Waals surface area (Å²) < 4.78 is 7.55. The molecule has 29 heavy (non-hydrogen) atoms. The first-order valence-electron chi connectivity index (χ1n) is 9.29. The lowest BCUT2D eigenvalue weighted by molar-refractivity contribution is 0.103. The molecule has 4 rings (SSSR count). The fraction of sp³-hybridized carbons (Fsp3) is 0.227. The Hall–Kier alpha value is -2.57. The second kappa shape index (κ2) is 8.43. The van der Waals surface area contributed by atoms with Crippen molar-refractivity contribution in [2.45, 2.75) is 31.7 Å². The molecule has 0 fully saturated rings. The van der Waals surface area contributed by atoms with Crippen molar-refractivity contribution in [1.82, 2.24) is 9.55 Å². The van der Waals surface area contributed by atoms with Gasteiger partial charge in [-0.1, -0.05) is 47.6 Å². The Morgan fingerprint density at radius 2 is 1.79 bits per heavy atom. The van der Waals surface area contributed by atoms with E-state index in [4.69, 9.17) is 16.3 Å². The highest BCUT2D eigenvalue weighted by Crippen LogP contribution is 2.25. The van der Waals surface area contributed by atoms with Crippen molar-refractivity contribution >= 4 is 29.1 Å². The predicted octanol–water partition coefficient (Wildman–Crippen LogP) is 4.51. The minimum atomic E-state index is -0.0635. The molecule has 0 aliphatic carbocycles. The zero-order chi connectivity index (χ0) is 20.4. The molecule has 1 aliphatic heterocycles. The molecule has 1 aromatic heterocycles. The van der Waals surface area contributed by atoms with E-state index in [1.54, 1.807) is 59.7 Å². The Labute approximate surface area is 177 Å². The average Bonchev–Trinajstić information content (AvgIpc) is 2.76. The number of hydrogen-bond acceptors (Lipinski definition) is 5. The Balaban J connectivity index is 1.47. The van der Waals surface area contributed by atoms with E-state index in [0.717, 1.165) is 17.7 Å². The van der Waals surface area contributed by atoms with Crippen LogP contribution in [0.2, 0.25) is 5.02 Å². The van der Waals surface area contributed by atoms with Crippen LogP contribution < -0.4 is 10.3 Å². The molecule has 2 aromatic carbocycles. The average molecular weight is 427 g/mol. The first kappa shape index (κ1) is 19.7. The molecule has 7 heteroatoms. The molecule has 0 spiro atoms. The van der Waals surface area contributed by atoms with Gasteiger partial charge in [-0.3, -0.25) is 14.2 Å². The van der Waals surface area contributed by atoms with E-state index in [-0.39, 0.29) is 17.9 Å². The number of rotatable bonds is 5. The standard InChI is InChI=1S/C22H19ClN2O3S/c1-14-20(24-22-25(21(14)27)11-2-12-29-22)28-13-15-3-5-16(6-4-15)19(26)17-7-9-18(23)10-8-17/h3-10H,2,11-13H2,1H3. The van der Waals surface area contributed by atoms with E-state index < -0.39 is 0 Å². The summed E-state index contributed by atoms with van der Waals surface area (Å²) in [5.74, 6) is 1.27.